The molecular formula is C18H25NO6. The van der Waals surface area contributed by atoms with Crippen molar-refractivity contribution in [3.63, 3.8) is 0 Å². The number of carbonyl (C=O) groups excluding carboxylic acids is 2. The lowest BCUT2D eigenvalue weighted by Gasteiger charge is -2.28. The summed E-state index contributed by atoms with van der Waals surface area (Å²) >= 11 is 0. The summed E-state index contributed by atoms with van der Waals surface area (Å²) in [7, 11) is 1.51. The van der Waals surface area contributed by atoms with Crippen molar-refractivity contribution in [1.82, 2.24) is 0 Å². The lowest BCUT2D eigenvalue weighted by molar-refractivity contribution is -0.523. The minimum Gasteiger partial charge on any atom is -0.497 e. The summed E-state index contributed by atoms with van der Waals surface area (Å²) < 4.78 is 10.4. The summed E-state index contributed by atoms with van der Waals surface area (Å²) in [5.74, 6) is -2.84. The summed E-state index contributed by atoms with van der Waals surface area (Å²) in [6, 6.07) is 5.39. The quantitative estimate of drug-likeness (QED) is 0.324. The fourth-order valence-corrected chi connectivity index (χ4v) is 2.64. The van der Waals surface area contributed by atoms with Gasteiger partial charge in [-0.3, -0.25) is 19.7 Å². The third-order valence-corrected chi connectivity index (χ3v) is 3.81. The fourth-order valence-electron chi connectivity index (χ4n) is 2.64. The molecule has 1 rings (SSSR count). The first kappa shape index (κ1) is 20.6. The van der Waals surface area contributed by atoms with Crippen molar-refractivity contribution < 1.29 is 24.0 Å². The molecule has 7 nitrogen and oxygen atoms in total. The van der Waals surface area contributed by atoms with Crippen LogP contribution >= 0.6 is 0 Å². The number of ketones is 1. The average molecular weight is 351 g/mol. The number of carbonyl (C=O) groups is 2. The van der Waals surface area contributed by atoms with E-state index < -0.39 is 40.2 Å². The van der Waals surface area contributed by atoms with E-state index in [9.17, 15) is 19.7 Å². The lowest BCUT2D eigenvalue weighted by atomic mass is 9.79. The van der Waals surface area contributed by atoms with E-state index in [2.05, 4.69) is 0 Å². The van der Waals surface area contributed by atoms with E-state index in [4.69, 9.17) is 9.47 Å². The Morgan fingerprint density at radius 3 is 2.04 bits per heavy atom. The molecule has 7 heteroatoms. The van der Waals surface area contributed by atoms with Gasteiger partial charge < -0.3 is 9.47 Å². The number of Topliss-reactive ketones (excluding diaryl/α,β-unsaturated/α-hetero) is 1. The van der Waals surface area contributed by atoms with Gasteiger partial charge in [-0.15, -0.1) is 0 Å². The first-order valence-electron chi connectivity index (χ1n) is 7.98. The van der Waals surface area contributed by atoms with Crippen LogP contribution in [0.1, 0.15) is 46.1 Å². The van der Waals surface area contributed by atoms with Crippen LogP contribution in [0, 0.1) is 16.0 Å². The van der Waals surface area contributed by atoms with Crippen LogP contribution in [-0.4, -0.2) is 35.4 Å². The van der Waals surface area contributed by atoms with Crippen LogP contribution in [0.4, 0.5) is 0 Å². The first-order valence-corrected chi connectivity index (χ1v) is 7.98. The molecule has 0 radical (unpaired) electrons. The largest absolute Gasteiger partial charge is 0.497 e. The minimum atomic E-state index is -1.26. The topological polar surface area (TPSA) is 95.7 Å². The third kappa shape index (κ3) is 5.55. The zero-order valence-electron chi connectivity index (χ0n) is 15.4. The molecule has 0 unspecified atom stereocenters. The van der Waals surface area contributed by atoms with Gasteiger partial charge in [0.1, 0.15) is 23.1 Å². The van der Waals surface area contributed by atoms with Gasteiger partial charge in [0, 0.05) is 11.8 Å². The number of benzene rings is 1. The monoisotopic (exact) mass is 351 g/mol. The summed E-state index contributed by atoms with van der Waals surface area (Å²) in [6.07, 6.45) is 0. The predicted octanol–water partition coefficient (Wildman–Crippen LogP) is 2.99. The van der Waals surface area contributed by atoms with Crippen molar-refractivity contribution in [3.8, 4) is 5.75 Å². The molecule has 0 aliphatic carbocycles. The first-order chi connectivity index (χ1) is 11.5. The molecule has 0 N–H and O–H groups in total. The van der Waals surface area contributed by atoms with E-state index in [0.717, 1.165) is 0 Å². The molecule has 25 heavy (non-hydrogen) atoms. The van der Waals surface area contributed by atoms with E-state index in [1.165, 1.54) is 21.0 Å². The van der Waals surface area contributed by atoms with E-state index in [1.807, 2.05) is 0 Å². The molecule has 3 atom stereocenters. The molecule has 138 valence electrons. The molecule has 0 bridgehead atoms. The molecule has 0 fully saturated rings. The molecule has 0 aliphatic heterocycles. The highest BCUT2D eigenvalue weighted by atomic mass is 16.6. The van der Waals surface area contributed by atoms with E-state index in [0.29, 0.717) is 11.3 Å². The third-order valence-electron chi connectivity index (χ3n) is 3.81. The van der Waals surface area contributed by atoms with Crippen molar-refractivity contribution in [2.45, 2.75) is 52.2 Å². The number of nitrogens with zero attached hydrogens (tertiary/aromatic N) is 1. The summed E-state index contributed by atoms with van der Waals surface area (Å²) in [5, 5.41) is 11.4. The van der Waals surface area contributed by atoms with Gasteiger partial charge in [-0.2, -0.15) is 0 Å². The summed E-state index contributed by atoms with van der Waals surface area (Å²) in [5.41, 5.74) is -0.288. The van der Waals surface area contributed by atoms with Gasteiger partial charge in [-0.25, -0.2) is 0 Å². The van der Waals surface area contributed by atoms with Crippen LogP contribution in [-0.2, 0) is 14.3 Å². The van der Waals surface area contributed by atoms with Gasteiger partial charge in [0.2, 0.25) is 6.04 Å². The average Bonchev–Trinajstić information content (AvgIpc) is 2.49. The highest BCUT2D eigenvalue weighted by molar-refractivity contribution is 5.99. The molecule has 0 amide bonds. The number of hydrogen-bond donors (Lipinski definition) is 0. The Hall–Kier alpha value is -2.44. The number of hydrogen-bond acceptors (Lipinski definition) is 6. The molecule has 0 aromatic heterocycles. The van der Waals surface area contributed by atoms with Crippen LogP contribution < -0.4 is 4.74 Å². The maximum absolute atomic E-state index is 12.6. The molecule has 0 heterocycles. The number of methoxy groups -OCH3 is 1. The van der Waals surface area contributed by atoms with Gasteiger partial charge in [0.05, 0.1) is 13.0 Å². The molecule has 0 aliphatic rings. The van der Waals surface area contributed by atoms with E-state index in [1.54, 1.807) is 45.0 Å². The Kier molecular flexibility index (Phi) is 6.67. The Labute approximate surface area is 147 Å². The maximum Gasteiger partial charge on any atom is 0.317 e. The smallest absolute Gasteiger partial charge is 0.317 e. The Balaban J connectivity index is 3.37. The summed E-state index contributed by atoms with van der Waals surface area (Å²) in [4.78, 5) is 35.7. The Bertz CT molecular complexity index is 632. The van der Waals surface area contributed by atoms with E-state index in [-0.39, 0.29) is 0 Å². The maximum atomic E-state index is 12.6. The number of ether oxygens (including phenoxy) is 2. The number of nitro groups is 1. The molecule has 0 saturated heterocycles. The van der Waals surface area contributed by atoms with Gasteiger partial charge in [-0.05, 0) is 45.4 Å². The zero-order valence-corrected chi connectivity index (χ0v) is 15.4. The van der Waals surface area contributed by atoms with Crippen molar-refractivity contribution in [2.75, 3.05) is 7.11 Å². The second-order valence-corrected chi connectivity index (χ2v) is 6.95. The van der Waals surface area contributed by atoms with Crippen LogP contribution in [0.2, 0.25) is 0 Å². The van der Waals surface area contributed by atoms with Crippen LogP contribution in [0.15, 0.2) is 24.3 Å². The second kappa shape index (κ2) is 8.09. The van der Waals surface area contributed by atoms with Crippen molar-refractivity contribution in [3.05, 3.63) is 39.9 Å². The standard InChI is InChI=1S/C18H25NO6/c1-11(19(22)23)15(13-7-9-14(24-6)10-8-13)16(12(2)20)17(21)25-18(3,4)5/h7-11,15-16H,1-6H3/t11-,15-,16-/m1/s1. The normalized spacial score (nSPS) is 15.0. The zero-order chi connectivity index (χ0) is 19.4. The Morgan fingerprint density at radius 2 is 1.68 bits per heavy atom. The molecular weight excluding hydrogens is 326 g/mol. The van der Waals surface area contributed by atoms with Gasteiger partial charge >= 0.3 is 5.97 Å². The van der Waals surface area contributed by atoms with Gasteiger partial charge in [-0.1, -0.05) is 12.1 Å². The highest BCUT2D eigenvalue weighted by Gasteiger charge is 2.44. The van der Waals surface area contributed by atoms with Crippen LogP contribution in [0.5, 0.6) is 5.75 Å². The number of esters is 1. The predicted molar refractivity (Wildman–Crippen MR) is 92.2 cm³/mol. The SMILES string of the molecule is COc1ccc([C@H]([C@@H](C(C)=O)C(=O)OC(C)(C)C)[C@@H](C)[N+](=O)[O-])cc1. The summed E-state index contributed by atoms with van der Waals surface area (Å²) in [6.45, 7) is 7.68. The van der Waals surface area contributed by atoms with Crippen LogP contribution in [0.3, 0.4) is 0 Å². The number of rotatable bonds is 7. The Morgan fingerprint density at radius 1 is 1.16 bits per heavy atom. The van der Waals surface area contributed by atoms with Crippen LogP contribution in [0.25, 0.3) is 0 Å². The molecule has 1 aromatic carbocycles. The lowest BCUT2D eigenvalue weighted by Crippen LogP contribution is -2.41. The van der Waals surface area contributed by atoms with Crippen molar-refractivity contribution in [2.24, 2.45) is 5.92 Å². The fraction of sp³-hybridized carbons (Fsp3) is 0.556. The molecule has 0 spiro atoms. The van der Waals surface area contributed by atoms with E-state index >= 15 is 0 Å². The van der Waals surface area contributed by atoms with Crippen molar-refractivity contribution in [1.29, 1.82) is 0 Å². The minimum absolute atomic E-state index is 0.469. The molecule has 0 saturated carbocycles. The second-order valence-electron chi connectivity index (χ2n) is 6.95. The van der Waals surface area contributed by atoms with Gasteiger partial charge in [0.15, 0.2) is 0 Å². The highest BCUT2D eigenvalue weighted by Crippen LogP contribution is 2.33. The van der Waals surface area contributed by atoms with Gasteiger partial charge in [0.25, 0.3) is 0 Å². The molecule has 1 aromatic rings. The van der Waals surface area contributed by atoms with Crippen molar-refractivity contribution >= 4 is 11.8 Å².